The third-order valence-electron chi connectivity index (χ3n) is 9.81. The standard InChI is InChI=1S/C38H40N8O7S.C4H8O2/c1-21-10-13-25(14-11-21)33-31-23(3)34(54-38(31)46-24(4)43-44-28(46)18-41-33)35(50)40-17-6-5-16-39-30(49)19-53-27-9-7-8-26-32(27)37(52)45(36(26)51)22(2)12-15-29(48)42-20-47;1-3-4(5)6-2/h7-11,13-14,20,22H,5-6,12,15-19H2,1-4H3,(H,39,49)(H,40,50)(H,42,47,48);3H2,1-2H3. The van der Waals surface area contributed by atoms with E-state index in [0.29, 0.717) is 49.6 Å². The largest absolute Gasteiger partial charge is 0.483 e. The van der Waals surface area contributed by atoms with Gasteiger partial charge in [-0.05, 0) is 64.7 Å². The van der Waals surface area contributed by atoms with Crippen LogP contribution in [0.4, 0.5) is 0 Å². The number of aryl methyl sites for hydroxylation is 2. The summed E-state index contributed by atoms with van der Waals surface area (Å²) in [5, 5.41) is 17.3. The van der Waals surface area contributed by atoms with Gasteiger partial charge in [-0.1, -0.05) is 42.8 Å². The van der Waals surface area contributed by atoms with E-state index in [1.54, 1.807) is 19.9 Å². The Morgan fingerprint density at radius 2 is 1.65 bits per heavy atom. The van der Waals surface area contributed by atoms with Gasteiger partial charge in [-0.15, -0.1) is 21.5 Å². The average molecular weight is 841 g/mol. The number of nitrogens with zero attached hydrogens (tertiary/aromatic N) is 5. The fourth-order valence-corrected chi connectivity index (χ4v) is 7.89. The predicted octanol–water partition coefficient (Wildman–Crippen LogP) is 3.92. The van der Waals surface area contributed by atoms with Gasteiger partial charge >= 0.3 is 5.97 Å². The van der Waals surface area contributed by atoms with Crippen LogP contribution in [0.5, 0.6) is 5.75 Å². The van der Waals surface area contributed by atoms with Crippen molar-refractivity contribution in [3.05, 3.63) is 92.4 Å². The zero-order chi connectivity index (χ0) is 43.5. The highest BCUT2D eigenvalue weighted by atomic mass is 32.1. The van der Waals surface area contributed by atoms with Crippen molar-refractivity contribution >= 4 is 59.0 Å². The minimum atomic E-state index is -0.612. The van der Waals surface area contributed by atoms with Crippen molar-refractivity contribution in [3.63, 3.8) is 0 Å². The lowest BCUT2D eigenvalue weighted by atomic mass is 9.99. The summed E-state index contributed by atoms with van der Waals surface area (Å²) < 4.78 is 11.9. The molecule has 2 aliphatic rings. The number of carbonyl (C=O) groups excluding carboxylic acids is 7. The molecule has 2 aromatic carbocycles. The molecule has 0 saturated heterocycles. The van der Waals surface area contributed by atoms with E-state index in [-0.39, 0.29) is 54.6 Å². The summed E-state index contributed by atoms with van der Waals surface area (Å²) in [5.41, 5.74) is 4.84. The van der Waals surface area contributed by atoms with Gasteiger partial charge in [-0.25, -0.2) is 0 Å². The number of hydrogen-bond donors (Lipinski definition) is 3. The van der Waals surface area contributed by atoms with Crippen LogP contribution in [0.1, 0.15) is 110 Å². The van der Waals surface area contributed by atoms with Crippen molar-refractivity contribution < 1.29 is 43.0 Å². The number of aromatic nitrogens is 3. The lowest BCUT2D eigenvalue weighted by Gasteiger charge is -2.22. The van der Waals surface area contributed by atoms with Crippen LogP contribution in [0.2, 0.25) is 0 Å². The molecule has 0 saturated carbocycles. The number of unbranched alkanes of at least 4 members (excludes halogenated alkanes) is 1. The van der Waals surface area contributed by atoms with E-state index in [1.807, 2.05) is 54.9 Å². The molecule has 1 unspecified atom stereocenters. The van der Waals surface area contributed by atoms with Crippen molar-refractivity contribution in [1.29, 1.82) is 0 Å². The predicted molar refractivity (Wildman–Crippen MR) is 221 cm³/mol. The second kappa shape index (κ2) is 20.4. The number of nitrogens with one attached hydrogen (secondary N) is 3. The number of benzene rings is 2. The number of hydrogen-bond acceptors (Lipinski definition) is 13. The van der Waals surface area contributed by atoms with Gasteiger partial charge in [-0.3, -0.25) is 53.3 Å². The highest BCUT2D eigenvalue weighted by molar-refractivity contribution is 7.17. The Labute approximate surface area is 350 Å². The Morgan fingerprint density at radius 1 is 0.933 bits per heavy atom. The van der Waals surface area contributed by atoms with E-state index in [4.69, 9.17) is 9.73 Å². The molecular weight excluding hydrogens is 793 g/mol. The summed E-state index contributed by atoms with van der Waals surface area (Å²) in [6.45, 7) is 9.97. The molecule has 2 aliphatic heterocycles. The fourth-order valence-electron chi connectivity index (χ4n) is 6.60. The Bertz CT molecular complexity index is 2310. The number of esters is 1. The van der Waals surface area contributed by atoms with Gasteiger partial charge in [0, 0.05) is 43.1 Å². The molecule has 0 radical (unpaired) electrons. The molecule has 316 valence electrons. The molecule has 4 heterocycles. The van der Waals surface area contributed by atoms with Crippen molar-refractivity contribution in [2.75, 3.05) is 26.8 Å². The van der Waals surface area contributed by atoms with E-state index < -0.39 is 29.7 Å². The second-order valence-corrected chi connectivity index (χ2v) is 15.0. The van der Waals surface area contributed by atoms with Crippen molar-refractivity contribution in [1.82, 2.24) is 35.6 Å². The van der Waals surface area contributed by atoms with E-state index in [9.17, 15) is 33.6 Å². The fraction of sp³-hybridized carbons (Fsp3) is 0.381. The number of fused-ring (bicyclic) bond motifs is 4. The highest BCUT2D eigenvalue weighted by Crippen LogP contribution is 2.37. The molecule has 4 aromatic rings. The maximum atomic E-state index is 13.5. The summed E-state index contributed by atoms with van der Waals surface area (Å²) >= 11 is 1.39. The molecule has 18 heteroatoms. The number of ether oxygens (including phenoxy) is 2. The molecule has 3 N–H and O–H groups in total. The second-order valence-electron chi connectivity index (χ2n) is 14.0. The van der Waals surface area contributed by atoms with Gasteiger partial charge in [0.15, 0.2) is 12.4 Å². The molecule has 0 fully saturated rings. The van der Waals surface area contributed by atoms with Crippen LogP contribution in [0.3, 0.4) is 0 Å². The Kier molecular flexibility index (Phi) is 15.2. The van der Waals surface area contributed by atoms with Crippen LogP contribution in [-0.2, 0) is 30.5 Å². The molecule has 0 spiro atoms. The molecule has 1 atom stereocenters. The Hall–Kier alpha value is -6.56. The molecule has 60 heavy (non-hydrogen) atoms. The molecule has 0 bridgehead atoms. The zero-order valence-corrected chi connectivity index (χ0v) is 35.2. The van der Waals surface area contributed by atoms with E-state index in [0.717, 1.165) is 43.7 Å². The van der Waals surface area contributed by atoms with Crippen LogP contribution in [0.15, 0.2) is 47.5 Å². The van der Waals surface area contributed by atoms with Crippen LogP contribution in [-0.4, -0.2) is 100 Å². The molecule has 6 amide bonds. The molecule has 6 rings (SSSR count). The summed E-state index contributed by atoms with van der Waals surface area (Å²) in [6.07, 6.45) is 2.06. The third kappa shape index (κ3) is 10.2. The first-order chi connectivity index (χ1) is 28.8. The van der Waals surface area contributed by atoms with Gasteiger partial charge in [0.25, 0.3) is 23.6 Å². The number of thiophene rings is 1. The summed E-state index contributed by atoms with van der Waals surface area (Å²) in [4.78, 5) is 91.0. The summed E-state index contributed by atoms with van der Waals surface area (Å²) in [5.74, 6) is -0.849. The van der Waals surface area contributed by atoms with E-state index in [2.05, 4.69) is 25.6 Å². The SMILES string of the molecule is CCC(=O)OC.Cc1ccc(C2=NCc3nnc(C)n3-c3sc(C(=O)NCCCCNC(=O)COc4cccc5c4C(=O)N(C(C)CCC(=O)NC=O)C5=O)c(C)c32)cc1. The van der Waals surface area contributed by atoms with E-state index in [1.165, 1.54) is 30.6 Å². The van der Waals surface area contributed by atoms with Crippen LogP contribution in [0.25, 0.3) is 5.00 Å². The van der Waals surface area contributed by atoms with Crippen molar-refractivity contribution in [2.45, 2.75) is 79.3 Å². The first-order valence-corrected chi connectivity index (χ1v) is 20.3. The Morgan fingerprint density at radius 3 is 2.32 bits per heavy atom. The lowest BCUT2D eigenvalue weighted by molar-refractivity contribution is -0.140. The van der Waals surface area contributed by atoms with Crippen molar-refractivity contribution in [3.8, 4) is 10.8 Å². The number of carbonyl (C=O) groups is 7. The van der Waals surface area contributed by atoms with Gasteiger partial charge in [0.1, 0.15) is 23.1 Å². The van der Waals surface area contributed by atoms with Crippen molar-refractivity contribution in [2.24, 2.45) is 4.99 Å². The first-order valence-electron chi connectivity index (χ1n) is 19.5. The third-order valence-corrected chi connectivity index (χ3v) is 11.1. The number of amides is 6. The molecule has 2 aromatic heterocycles. The smallest absolute Gasteiger partial charge is 0.305 e. The van der Waals surface area contributed by atoms with Crippen LogP contribution in [0, 0.1) is 20.8 Å². The minimum absolute atomic E-state index is 0.0455. The molecule has 0 aliphatic carbocycles. The number of rotatable bonds is 16. The number of aliphatic imine (C=N–C) groups is 1. The quantitative estimate of drug-likeness (QED) is 0.0636. The maximum absolute atomic E-state index is 13.5. The summed E-state index contributed by atoms with van der Waals surface area (Å²) in [7, 11) is 1.38. The monoisotopic (exact) mass is 840 g/mol. The van der Waals surface area contributed by atoms with E-state index >= 15 is 0 Å². The normalized spacial score (nSPS) is 13.0. The summed E-state index contributed by atoms with van der Waals surface area (Å²) in [6, 6.07) is 12.1. The number of imide groups is 2. The van der Waals surface area contributed by atoms with Gasteiger partial charge < -0.3 is 20.1 Å². The molecular formula is C42H48N8O9S. The van der Waals surface area contributed by atoms with Crippen LogP contribution < -0.4 is 20.7 Å². The van der Waals surface area contributed by atoms with Gasteiger partial charge in [0.2, 0.25) is 12.3 Å². The maximum Gasteiger partial charge on any atom is 0.305 e. The average Bonchev–Trinajstić information content (AvgIpc) is 3.82. The molecule has 17 nitrogen and oxygen atoms in total. The van der Waals surface area contributed by atoms with Gasteiger partial charge in [-0.2, -0.15) is 0 Å². The first kappa shape index (κ1) is 44.5. The van der Waals surface area contributed by atoms with Crippen LogP contribution >= 0.6 is 11.3 Å². The number of methoxy groups -OCH3 is 1. The topological polar surface area (TPSA) is 220 Å². The van der Waals surface area contributed by atoms with Gasteiger partial charge in [0.05, 0.1) is 28.8 Å². The zero-order valence-electron chi connectivity index (χ0n) is 34.4. The Balaban J connectivity index is 0.00000106. The lowest BCUT2D eigenvalue weighted by Crippen LogP contribution is -2.38. The minimum Gasteiger partial charge on any atom is -0.483 e. The highest BCUT2D eigenvalue weighted by Gasteiger charge is 2.41.